The summed E-state index contributed by atoms with van der Waals surface area (Å²) < 4.78 is 0. The Balaban J connectivity index is 1.57. The van der Waals surface area contributed by atoms with E-state index in [-0.39, 0.29) is 17.7 Å². The van der Waals surface area contributed by atoms with Crippen molar-refractivity contribution in [3.8, 4) is 16.9 Å². The Bertz CT molecular complexity index is 1320. The van der Waals surface area contributed by atoms with Crippen molar-refractivity contribution in [2.75, 3.05) is 18.4 Å². The Hall–Kier alpha value is -3.93. The van der Waals surface area contributed by atoms with Crippen molar-refractivity contribution < 1.29 is 9.90 Å². The average molecular weight is 410 g/mol. The number of amides is 1. The van der Waals surface area contributed by atoms with Crippen molar-refractivity contribution in [2.45, 2.75) is 12.5 Å². The van der Waals surface area contributed by atoms with E-state index in [0.29, 0.717) is 13.1 Å². The van der Waals surface area contributed by atoms with Gasteiger partial charge in [-0.2, -0.15) is 5.10 Å². The first kappa shape index (κ1) is 19.1. The summed E-state index contributed by atoms with van der Waals surface area (Å²) in [6.07, 6.45) is 3.95. The predicted octanol–water partition coefficient (Wildman–Crippen LogP) is 4.35. The van der Waals surface area contributed by atoms with Gasteiger partial charge in [0.2, 0.25) is 5.91 Å². The summed E-state index contributed by atoms with van der Waals surface area (Å²) in [5, 5.41) is 25.5. The lowest BCUT2D eigenvalue weighted by atomic mass is 9.96. The van der Waals surface area contributed by atoms with Crippen LogP contribution in [-0.2, 0) is 4.79 Å². The highest BCUT2D eigenvalue weighted by Gasteiger charge is 2.25. The molecule has 1 amide bonds. The van der Waals surface area contributed by atoms with Gasteiger partial charge in [-0.25, -0.2) is 0 Å². The fraction of sp³-hybridized carbons (Fsp3) is 0.160. The first-order valence-electron chi connectivity index (χ1n) is 10.3. The number of anilines is 1. The van der Waals surface area contributed by atoms with Gasteiger partial charge in [0.1, 0.15) is 11.3 Å². The van der Waals surface area contributed by atoms with Gasteiger partial charge >= 0.3 is 0 Å². The van der Waals surface area contributed by atoms with Gasteiger partial charge in [-0.1, -0.05) is 49.0 Å². The van der Waals surface area contributed by atoms with Crippen molar-refractivity contribution in [1.82, 2.24) is 15.1 Å². The van der Waals surface area contributed by atoms with Crippen LogP contribution in [0.5, 0.6) is 5.75 Å². The Morgan fingerprint density at radius 2 is 1.97 bits per heavy atom. The summed E-state index contributed by atoms with van der Waals surface area (Å²) in [6, 6.07) is 17.7. The summed E-state index contributed by atoms with van der Waals surface area (Å²) in [4.78, 5) is 13.7. The molecular formula is C25H22N4O2. The smallest absolute Gasteiger partial charge is 0.246 e. The molecule has 1 atom stereocenters. The van der Waals surface area contributed by atoms with Crippen LogP contribution in [0.3, 0.4) is 0 Å². The topological polar surface area (TPSA) is 78.4 Å². The van der Waals surface area contributed by atoms with Gasteiger partial charge in [0.25, 0.3) is 0 Å². The summed E-state index contributed by atoms with van der Waals surface area (Å²) in [7, 11) is 0. The fourth-order valence-corrected chi connectivity index (χ4v) is 4.36. The number of hydrogen-bond acceptors (Lipinski definition) is 5. The number of phenols is 1. The minimum Gasteiger partial charge on any atom is -0.508 e. The molecule has 0 bridgehead atoms. The number of aromatic nitrogens is 2. The predicted molar refractivity (Wildman–Crippen MR) is 123 cm³/mol. The molecule has 2 heterocycles. The number of aromatic hydroxyl groups is 1. The SMILES string of the molecule is C=CC(=O)N1CCC(Nc2cnnc3c(-c4cc(O)cc5ccccc45)cccc23)C1. The first-order chi connectivity index (χ1) is 15.1. The molecule has 5 rings (SSSR count). The van der Waals surface area contributed by atoms with Crippen molar-refractivity contribution >= 4 is 33.3 Å². The van der Waals surface area contributed by atoms with Crippen LogP contribution < -0.4 is 5.32 Å². The molecule has 0 saturated carbocycles. The number of nitrogens with zero attached hydrogens (tertiary/aromatic N) is 3. The molecule has 1 fully saturated rings. The Labute approximate surface area is 179 Å². The molecule has 3 aromatic carbocycles. The highest BCUT2D eigenvalue weighted by atomic mass is 16.3. The van der Waals surface area contributed by atoms with Crippen LogP contribution in [0.1, 0.15) is 6.42 Å². The number of carbonyl (C=O) groups is 1. The normalized spacial score (nSPS) is 16.0. The summed E-state index contributed by atoms with van der Waals surface area (Å²) in [5.41, 5.74) is 3.47. The van der Waals surface area contributed by atoms with Gasteiger partial charge in [0.15, 0.2) is 0 Å². The number of fused-ring (bicyclic) bond motifs is 2. The zero-order valence-electron chi connectivity index (χ0n) is 17.0. The lowest BCUT2D eigenvalue weighted by Gasteiger charge is -2.17. The number of benzene rings is 3. The fourth-order valence-electron chi connectivity index (χ4n) is 4.36. The maximum absolute atomic E-state index is 11.9. The van der Waals surface area contributed by atoms with Crippen LogP contribution in [0.15, 0.2) is 73.4 Å². The maximum atomic E-state index is 11.9. The molecule has 4 aromatic rings. The van der Waals surface area contributed by atoms with E-state index < -0.39 is 0 Å². The van der Waals surface area contributed by atoms with Gasteiger partial charge in [0, 0.05) is 30.1 Å². The maximum Gasteiger partial charge on any atom is 0.246 e. The number of hydrogen-bond donors (Lipinski definition) is 2. The molecule has 0 aliphatic carbocycles. The summed E-state index contributed by atoms with van der Waals surface area (Å²) >= 11 is 0. The molecule has 154 valence electrons. The third kappa shape index (κ3) is 3.46. The second-order valence-electron chi connectivity index (χ2n) is 7.79. The van der Waals surface area contributed by atoms with Crippen LogP contribution in [0.4, 0.5) is 5.69 Å². The molecule has 1 aliphatic heterocycles. The van der Waals surface area contributed by atoms with Gasteiger partial charge < -0.3 is 15.3 Å². The van der Waals surface area contributed by atoms with Gasteiger partial charge in [-0.3, -0.25) is 4.79 Å². The van der Waals surface area contributed by atoms with Crippen LogP contribution >= 0.6 is 0 Å². The van der Waals surface area contributed by atoms with Crippen LogP contribution in [0.2, 0.25) is 0 Å². The summed E-state index contributed by atoms with van der Waals surface area (Å²) in [5.74, 6) is 0.172. The Morgan fingerprint density at radius 1 is 1.13 bits per heavy atom. The van der Waals surface area contributed by atoms with E-state index in [0.717, 1.165) is 44.9 Å². The lowest BCUT2D eigenvalue weighted by molar-refractivity contribution is -0.125. The number of rotatable bonds is 4. The molecule has 1 aliphatic rings. The van der Waals surface area contributed by atoms with E-state index in [4.69, 9.17) is 0 Å². The van der Waals surface area contributed by atoms with Crippen molar-refractivity contribution in [3.63, 3.8) is 0 Å². The standard InChI is InChI=1S/C25H22N4O2/c1-2-24(31)29-11-10-17(15-29)27-23-14-26-28-25-20(8-5-9-21(23)25)22-13-18(30)12-16-6-3-4-7-19(16)22/h2-9,12-14,17,30H,1,10-11,15H2,(H,27,28). The molecule has 1 saturated heterocycles. The number of carbonyl (C=O) groups excluding carboxylic acids is 1. The molecule has 6 nitrogen and oxygen atoms in total. The molecule has 2 N–H and O–H groups in total. The Morgan fingerprint density at radius 3 is 2.84 bits per heavy atom. The zero-order valence-corrected chi connectivity index (χ0v) is 17.0. The molecule has 0 spiro atoms. The number of likely N-dealkylation sites (tertiary alicyclic amines) is 1. The third-order valence-corrected chi connectivity index (χ3v) is 5.84. The highest BCUT2D eigenvalue weighted by Crippen LogP contribution is 2.37. The molecule has 31 heavy (non-hydrogen) atoms. The molecule has 1 aromatic heterocycles. The van der Waals surface area contributed by atoms with Crippen LogP contribution in [-0.4, -0.2) is 45.2 Å². The monoisotopic (exact) mass is 410 g/mol. The van der Waals surface area contributed by atoms with E-state index in [2.05, 4.69) is 22.1 Å². The summed E-state index contributed by atoms with van der Waals surface area (Å²) in [6.45, 7) is 4.91. The van der Waals surface area contributed by atoms with Gasteiger partial charge in [-0.05, 0) is 41.0 Å². The largest absolute Gasteiger partial charge is 0.508 e. The minimum absolute atomic E-state index is 0.0416. The van der Waals surface area contributed by atoms with E-state index in [1.54, 1.807) is 23.2 Å². The second-order valence-corrected chi connectivity index (χ2v) is 7.79. The molecular weight excluding hydrogens is 388 g/mol. The highest BCUT2D eigenvalue weighted by molar-refractivity contribution is 6.07. The Kier molecular flexibility index (Phi) is 4.75. The minimum atomic E-state index is -0.0416. The van der Waals surface area contributed by atoms with E-state index in [9.17, 15) is 9.90 Å². The van der Waals surface area contributed by atoms with E-state index in [1.807, 2.05) is 42.5 Å². The third-order valence-electron chi connectivity index (χ3n) is 5.84. The van der Waals surface area contributed by atoms with Crippen molar-refractivity contribution in [3.05, 3.63) is 73.4 Å². The van der Waals surface area contributed by atoms with E-state index in [1.165, 1.54) is 6.08 Å². The second kappa shape index (κ2) is 7.72. The number of phenolic OH excluding ortho intramolecular Hbond substituents is 1. The molecule has 1 unspecified atom stereocenters. The van der Waals surface area contributed by atoms with Crippen molar-refractivity contribution in [1.29, 1.82) is 0 Å². The van der Waals surface area contributed by atoms with E-state index >= 15 is 0 Å². The van der Waals surface area contributed by atoms with Gasteiger partial charge in [-0.15, -0.1) is 5.10 Å². The quantitative estimate of drug-likeness (QED) is 0.489. The first-order valence-corrected chi connectivity index (χ1v) is 10.3. The molecule has 0 radical (unpaired) electrons. The number of nitrogens with one attached hydrogen (secondary N) is 1. The zero-order chi connectivity index (χ0) is 21.4. The van der Waals surface area contributed by atoms with Crippen LogP contribution in [0.25, 0.3) is 32.8 Å². The van der Waals surface area contributed by atoms with Crippen LogP contribution in [0, 0.1) is 0 Å². The molecule has 6 heteroatoms. The lowest BCUT2D eigenvalue weighted by Crippen LogP contribution is -2.30. The van der Waals surface area contributed by atoms with Crippen molar-refractivity contribution in [2.24, 2.45) is 0 Å². The average Bonchev–Trinajstić information content (AvgIpc) is 3.26. The van der Waals surface area contributed by atoms with Gasteiger partial charge in [0.05, 0.1) is 11.9 Å².